The first-order valence-electron chi connectivity index (χ1n) is 10.5. The Balaban J connectivity index is 3.90. The van der Waals surface area contributed by atoms with Crippen molar-refractivity contribution >= 4 is 26.2 Å². The Labute approximate surface area is 207 Å². The van der Waals surface area contributed by atoms with Gasteiger partial charge >= 0.3 is 15.2 Å². The van der Waals surface area contributed by atoms with Gasteiger partial charge in [-0.25, -0.2) is 28.7 Å². The largest absolute Gasteiger partial charge is 0.496 e. The Morgan fingerprint density at radius 1 is 0.611 bits per heavy atom. The molecule has 0 saturated carbocycles. The van der Waals surface area contributed by atoms with E-state index >= 15 is 0 Å². The Hall–Kier alpha value is -1.90. The van der Waals surface area contributed by atoms with Gasteiger partial charge in [0.1, 0.15) is 28.4 Å². The van der Waals surface area contributed by atoms with Gasteiger partial charge in [-0.1, -0.05) is 0 Å². The van der Waals surface area contributed by atoms with E-state index in [1.165, 1.54) is 41.9 Å². The fourth-order valence-electron chi connectivity index (χ4n) is 2.47. The zero-order chi connectivity index (χ0) is 27.4. The predicted octanol–water partition coefficient (Wildman–Crippen LogP) is 4.25. The molecule has 36 heavy (non-hydrogen) atoms. The third-order valence-corrected chi connectivity index (χ3v) is 6.50. The second kappa shape index (κ2) is 15.4. The van der Waals surface area contributed by atoms with E-state index in [4.69, 9.17) is 32.9 Å². The Morgan fingerprint density at radius 3 is 1.14 bits per heavy atom. The zero-order valence-corrected chi connectivity index (χ0v) is 22.7. The summed E-state index contributed by atoms with van der Waals surface area (Å²) >= 11 is 0. The third kappa shape index (κ3) is 7.56. The molecule has 1 aromatic rings. The molecule has 0 fully saturated rings. The van der Waals surface area contributed by atoms with Crippen molar-refractivity contribution in [3.05, 3.63) is 17.2 Å². The van der Waals surface area contributed by atoms with Crippen molar-refractivity contribution in [2.45, 2.75) is 27.7 Å². The molecule has 0 radical (unpaired) electrons. The molecular weight excluding hydrogens is 530 g/mol. The molecule has 0 bridgehead atoms. The van der Waals surface area contributed by atoms with Gasteiger partial charge in [-0.2, -0.15) is 0 Å². The van der Waals surface area contributed by atoms with E-state index in [9.17, 15) is 18.7 Å². The summed E-state index contributed by atoms with van der Waals surface area (Å²) in [4.78, 5) is 45.6. The summed E-state index contributed by atoms with van der Waals surface area (Å²) in [5.41, 5.74) is -4.01. The summed E-state index contributed by atoms with van der Waals surface area (Å²) in [5, 5.41) is 0. The molecule has 0 aliphatic heterocycles. The van der Waals surface area contributed by atoms with Crippen molar-refractivity contribution in [3.63, 3.8) is 0 Å². The van der Waals surface area contributed by atoms with Gasteiger partial charge < -0.3 is 14.2 Å². The van der Waals surface area contributed by atoms with E-state index in [0.29, 0.717) is 0 Å². The van der Waals surface area contributed by atoms with Crippen molar-refractivity contribution in [2.75, 3.05) is 47.8 Å². The molecule has 15 nitrogen and oxygen atoms in total. The van der Waals surface area contributed by atoms with Crippen LogP contribution in [-0.2, 0) is 47.4 Å². The van der Waals surface area contributed by atoms with Crippen LogP contribution in [0, 0.1) is 0 Å². The molecular formula is C19H30O15P2. The molecule has 0 heterocycles. The molecule has 0 aliphatic carbocycles. The first-order valence-corrected chi connectivity index (χ1v) is 13.6. The number of hydrogen-bond donors (Lipinski definition) is 0. The lowest BCUT2D eigenvalue weighted by Crippen LogP contribution is -2.16. The second-order valence-corrected chi connectivity index (χ2v) is 9.49. The number of benzene rings is 1. The van der Waals surface area contributed by atoms with Crippen LogP contribution in [0.25, 0.3) is 0 Å². The molecule has 17 heteroatoms. The first-order chi connectivity index (χ1) is 17.1. The monoisotopic (exact) mass is 560 g/mol. The number of hydrogen-bond acceptors (Lipinski definition) is 15. The minimum atomic E-state index is -4.87. The van der Waals surface area contributed by atoms with Crippen molar-refractivity contribution < 1.29 is 71.2 Å². The van der Waals surface area contributed by atoms with E-state index in [1.807, 2.05) is 0 Å². The van der Waals surface area contributed by atoms with E-state index in [-0.39, 0.29) is 37.9 Å². The maximum atomic E-state index is 13.4. The van der Waals surface area contributed by atoms with E-state index < -0.39 is 43.1 Å². The van der Waals surface area contributed by atoms with E-state index in [0.717, 1.165) is 13.2 Å². The second-order valence-electron chi connectivity index (χ2n) is 6.09. The highest BCUT2D eigenvalue weighted by Gasteiger charge is 2.48. The average molecular weight is 560 g/mol. The summed E-state index contributed by atoms with van der Waals surface area (Å²) in [7, 11) is -6.33. The van der Waals surface area contributed by atoms with Gasteiger partial charge in [0.2, 0.25) is 0 Å². The highest BCUT2D eigenvalue weighted by molar-refractivity contribution is 7.73. The maximum absolute atomic E-state index is 13.4. The predicted molar refractivity (Wildman–Crippen MR) is 121 cm³/mol. The van der Waals surface area contributed by atoms with Gasteiger partial charge in [-0.3, -0.25) is 9.59 Å². The number of rotatable bonds is 19. The quantitative estimate of drug-likeness (QED) is 0.133. The van der Waals surface area contributed by atoms with Gasteiger partial charge in [0, 0.05) is 6.07 Å². The van der Waals surface area contributed by atoms with Crippen molar-refractivity contribution in [1.29, 1.82) is 0 Å². The molecule has 206 valence electrons. The van der Waals surface area contributed by atoms with Crippen molar-refractivity contribution in [3.8, 4) is 17.2 Å². The van der Waals surface area contributed by atoms with Gasteiger partial charge in [0.05, 0.1) is 47.8 Å². The van der Waals surface area contributed by atoms with Crippen LogP contribution < -0.4 is 14.2 Å². The Bertz CT molecular complexity index is 884. The third-order valence-electron chi connectivity index (χ3n) is 3.85. The summed E-state index contributed by atoms with van der Waals surface area (Å²) in [6, 6.07) is 1.07. The molecule has 0 aliphatic rings. The summed E-state index contributed by atoms with van der Waals surface area (Å²) in [6.07, 6.45) is 0. The zero-order valence-electron chi connectivity index (χ0n) is 20.9. The normalized spacial score (nSPS) is 11.9. The van der Waals surface area contributed by atoms with Crippen molar-refractivity contribution in [2.24, 2.45) is 0 Å². The van der Waals surface area contributed by atoms with Crippen LogP contribution in [0.3, 0.4) is 0 Å². The summed E-state index contributed by atoms with van der Waals surface area (Å²) in [6.45, 7) is 5.54. The minimum absolute atomic E-state index is 0.111. The summed E-state index contributed by atoms with van der Waals surface area (Å²) < 4.78 is 61.1. The molecule has 0 spiro atoms. The lowest BCUT2D eigenvalue weighted by Gasteiger charge is -2.22. The highest BCUT2D eigenvalue weighted by Crippen LogP contribution is 2.59. The highest BCUT2D eigenvalue weighted by atomic mass is 31.2. The number of carbonyl (C=O) groups excluding carboxylic acids is 2. The fraction of sp³-hybridized carbons (Fsp3) is 0.579. The molecule has 0 aromatic heterocycles. The van der Waals surface area contributed by atoms with Gasteiger partial charge in [-0.15, -0.1) is 18.7 Å². The molecule has 1 rings (SSSR count). The standard InChI is InChI=1S/C19H30O15P2/c1-8-27-31-35(22,32-28-9-2)18(20)15-13(24-5)12-14(25-6)16(17(15)26-7)19(21)36(23,33-29-10-3)34-30-11-4/h12H,8-11H2,1-7H3. The maximum Gasteiger partial charge on any atom is 0.455 e. The molecule has 1 aromatic carbocycles. The van der Waals surface area contributed by atoms with Crippen LogP contribution in [0.5, 0.6) is 17.2 Å². The van der Waals surface area contributed by atoms with E-state index in [2.05, 4.69) is 19.6 Å². The molecule has 0 atom stereocenters. The lowest BCUT2D eigenvalue weighted by atomic mass is 10.1. The average Bonchev–Trinajstić information content (AvgIpc) is 2.90. The summed E-state index contributed by atoms with van der Waals surface area (Å²) in [5.74, 6) is -1.16. The molecule has 0 unspecified atom stereocenters. The molecule has 0 amide bonds. The van der Waals surface area contributed by atoms with Crippen LogP contribution in [0.1, 0.15) is 48.4 Å². The van der Waals surface area contributed by atoms with E-state index in [1.54, 1.807) is 0 Å². The SMILES string of the molecule is CCOOP(=O)(OOCC)C(=O)c1c(OC)cc(OC)c(C(=O)P(=O)(OOCC)OOCC)c1OC. The lowest BCUT2D eigenvalue weighted by molar-refractivity contribution is -0.260. The smallest absolute Gasteiger partial charge is 0.455 e. The number of carbonyl (C=O) groups is 2. The van der Waals surface area contributed by atoms with Crippen LogP contribution >= 0.6 is 15.2 Å². The van der Waals surface area contributed by atoms with Gasteiger partial charge in [0.15, 0.2) is 0 Å². The Kier molecular flexibility index (Phi) is 13.7. The van der Waals surface area contributed by atoms with Crippen LogP contribution in [0.2, 0.25) is 0 Å². The Morgan fingerprint density at radius 2 is 0.917 bits per heavy atom. The van der Waals surface area contributed by atoms with Gasteiger partial charge in [0.25, 0.3) is 11.0 Å². The topological polar surface area (TPSA) is 170 Å². The van der Waals surface area contributed by atoms with Crippen LogP contribution in [0.4, 0.5) is 0 Å². The number of methoxy groups -OCH3 is 3. The van der Waals surface area contributed by atoms with Crippen LogP contribution in [-0.4, -0.2) is 58.8 Å². The van der Waals surface area contributed by atoms with Gasteiger partial charge in [-0.05, 0) is 27.7 Å². The first kappa shape index (κ1) is 32.1. The number of ether oxygens (including phenoxy) is 3. The fourth-order valence-corrected chi connectivity index (χ4v) is 4.73. The van der Waals surface area contributed by atoms with Crippen molar-refractivity contribution in [1.82, 2.24) is 0 Å². The molecule has 0 saturated heterocycles. The minimum Gasteiger partial charge on any atom is -0.496 e. The van der Waals surface area contributed by atoms with Crippen LogP contribution in [0.15, 0.2) is 6.07 Å². The molecule has 0 N–H and O–H groups in total.